The van der Waals surface area contributed by atoms with Gasteiger partial charge < -0.3 is 10.1 Å². The Morgan fingerprint density at radius 2 is 2.36 bits per heavy atom. The number of hydrogen-bond acceptors (Lipinski definition) is 3. The van der Waals surface area contributed by atoms with E-state index < -0.39 is 0 Å². The second-order valence-corrected chi connectivity index (χ2v) is 3.06. The van der Waals surface area contributed by atoms with E-state index in [1.165, 1.54) is 6.20 Å². The molecule has 0 aromatic carbocycles. The lowest BCUT2D eigenvalue weighted by molar-refractivity contribution is 0.473. The number of aromatic hydroxyl groups is 1. The number of H-pyrrole nitrogens is 1. The summed E-state index contributed by atoms with van der Waals surface area (Å²) in [6, 6.07) is 1.68. The molecule has 2 N–H and O–H groups in total. The molecule has 0 saturated carbocycles. The SMILES string of the molecule is CCc1c(O)c2ccncc2[nH]c1=O. The summed E-state index contributed by atoms with van der Waals surface area (Å²) in [7, 11) is 0. The highest BCUT2D eigenvalue weighted by Gasteiger charge is 2.08. The highest BCUT2D eigenvalue weighted by atomic mass is 16.3. The molecule has 2 aromatic heterocycles. The molecule has 14 heavy (non-hydrogen) atoms. The van der Waals surface area contributed by atoms with Crippen molar-refractivity contribution in [2.75, 3.05) is 0 Å². The van der Waals surface area contributed by atoms with Crippen LogP contribution in [0, 0.1) is 0 Å². The lowest BCUT2D eigenvalue weighted by Gasteiger charge is -2.04. The minimum Gasteiger partial charge on any atom is -0.507 e. The first-order valence-corrected chi connectivity index (χ1v) is 4.42. The van der Waals surface area contributed by atoms with Crippen molar-refractivity contribution >= 4 is 10.9 Å². The van der Waals surface area contributed by atoms with Crippen molar-refractivity contribution in [2.45, 2.75) is 13.3 Å². The van der Waals surface area contributed by atoms with E-state index in [-0.39, 0.29) is 11.3 Å². The molecule has 0 unspecified atom stereocenters. The highest BCUT2D eigenvalue weighted by molar-refractivity contribution is 5.84. The molecule has 0 spiro atoms. The first-order valence-electron chi connectivity index (χ1n) is 4.42. The van der Waals surface area contributed by atoms with Crippen molar-refractivity contribution < 1.29 is 5.11 Å². The van der Waals surface area contributed by atoms with E-state index >= 15 is 0 Å². The first kappa shape index (κ1) is 8.74. The predicted octanol–water partition coefficient (Wildman–Crippen LogP) is 1.19. The molecular formula is C10H10N2O2. The van der Waals surface area contributed by atoms with Gasteiger partial charge in [-0.1, -0.05) is 6.92 Å². The standard InChI is InChI=1S/C10H10N2O2/c1-2-6-9(13)7-3-4-11-5-8(7)12-10(6)14/h3-5H,2H2,1H3,(H2,12,13,14). The summed E-state index contributed by atoms with van der Waals surface area (Å²) in [4.78, 5) is 18.0. The van der Waals surface area contributed by atoms with Crippen LogP contribution in [0.1, 0.15) is 12.5 Å². The van der Waals surface area contributed by atoms with Crippen molar-refractivity contribution in [2.24, 2.45) is 0 Å². The molecular weight excluding hydrogens is 180 g/mol. The molecule has 0 atom stereocenters. The van der Waals surface area contributed by atoms with Crippen molar-refractivity contribution in [3.63, 3.8) is 0 Å². The number of fused-ring (bicyclic) bond motifs is 1. The van der Waals surface area contributed by atoms with Crippen LogP contribution in [0.2, 0.25) is 0 Å². The van der Waals surface area contributed by atoms with E-state index in [1.54, 1.807) is 12.3 Å². The molecule has 0 aliphatic rings. The third kappa shape index (κ3) is 1.16. The second-order valence-electron chi connectivity index (χ2n) is 3.06. The molecule has 4 nitrogen and oxygen atoms in total. The van der Waals surface area contributed by atoms with Gasteiger partial charge in [-0.25, -0.2) is 0 Å². The van der Waals surface area contributed by atoms with Gasteiger partial charge in [-0.15, -0.1) is 0 Å². The van der Waals surface area contributed by atoms with E-state index in [0.29, 0.717) is 22.9 Å². The van der Waals surface area contributed by atoms with Gasteiger partial charge in [-0.2, -0.15) is 0 Å². The van der Waals surface area contributed by atoms with Crippen LogP contribution >= 0.6 is 0 Å². The van der Waals surface area contributed by atoms with Gasteiger partial charge in [0.25, 0.3) is 5.56 Å². The molecule has 0 fully saturated rings. The zero-order chi connectivity index (χ0) is 10.1. The Morgan fingerprint density at radius 1 is 1.57 bits per heavy atom. The Hall–Kier alpha value is -1.84. The molecule has 2 rings (SSSR count). The number of nitrogens with one attached hydrogen (secondary N) is 1. The fraction of sp³-hybridized carbons (Fsp3) is 0.200. The van der Waals surface area contributed by atoms with Crippen LogP contribution in [0.4, 0.5) is 0 Å². The molecule has 0 aliphatic heterocycles. The van der Waals surface area contributed by atoms with E-state index in [1.807, 2.05) is 6.92 Å². The number of aromatic nitrogens is 2. The summed E-state index contributed by atoms with van der Waals surface area (Å²) < 4.78 is 0. The van der Waals surface area contributed by atoms with Crippen LogP contribution in [-0.4, -0.2) is 15.1 Å². The van der Waals surface area contributed by atoms with Crippen molar-refractivity contribution in [3.8, 4) is 5.75 Å². The summed E-state index contributed by atoms with van der Waals surface area (Å²) >= 11 is 0. The van der Waals surface area contributed by atoms with Crippen LogP contribution in [-0.2, 0) is 6.42 Å². The lowest BCUT2D eigenvalue weighted by atomic mass is 10.1. The maximum atomic E-state index is 11.4. The van der Waals surface area contributed by atoms with Gasteiger partial charge in [0.05, 0.1) is 17.3 Å². The minimum atomic E-state index is -0.245. The van der Waals surface area contributed by atoms with Gasteiger partial charge in [0, 0.05) is 11.6 Å². The Labute approximate surface area is 80.2 Å². The van der Waals surface area contributed by atoms with E-state index in [4.69, 9.17) is 0 Å². The van der Waals surface area contributed by atoms with Crippen LogP contribution in [0.15, 0.2) is 23.3 Å². The van der Waals surface area contributed by atoms with Crippen LogP contribution in [0.5, 0.6) is 5.75 Å². The Morgan fingerprint density at radius 3 is 3.07 bits per heavy atom. The minimum absolute atomic E-state index is 0.0636. The van der Waals surface area contributed by atoms with Gasteiger partial charge >= 0.3 is 0 Å². The molecule has 2 heterocycles. The number of rotatable bonds is 1. The van der Waals surface area contributed by atoms with Crippen molar-refractivity contribution in [1.82, 2.24) is 9.97 Å². The van der Waals surface area contributed by atoms with Crippen LogP contribution < -0.4 is 5.56 Å². The monoisotopic (exact) mass is 190 g/mol. The van der Waals surface area contributed by atoms with Crippen molar-refractivity contribution in [3.05, 3.63) is 34.4 Å². The third-order valence-corrected chi connectivity index (χ3v) is 2.24. The number of aromatic amines is 1. The fourth-order valence-corrected chi connectivity index (χ4v) is 1.50. The molecule has 0 saturated heterocycles. The fourth-order valence-electron chi connectivity index (χ4n) is 1.50. The van der Waals surface area contributed by atoms with Gasteiger partial charge in [-0.05, 0) is 12.5 Å². The van der Waals surface area contributed by atoms with Crippen LogP contribution in [0.25, 0.3) is 10.9 Å². The quantitative estimate of drug-likeness (QED) is 0.709. The van der Waals surface area contributed by atoms with Gasteiger partial charge in [0.2, 0.25) is 0 Å². The van der Waals surface area contributed by atoms with Crippen LogP contribution in [0.3, 0.4) is 0 Å². The van der Waals surface area contributed by atoms with E-state index in [2.05, 4.69) is 9.97 Å². The smallest absolute Gasteiger partial charge is 0.255 e. The zero-order valence-electron chi connectivity index (χ0n) is 7.74. The number of hydrogen-bond donors (Lipinski definition) is 2. The molecule has 72 valence electrons. The summed E-state index contributed by atoms with van der Waals surface area (Å²) in [5.74, 6) is 0.0636. The number of nitrogens with zero attached hydrogens (tertiary/aromatic N) is 1. The largest absolute Gasteiger partial charge is 0.507 e. The van der Waals surface area contributed by atoms with E-state index in [9.17, 15) is 9.90 Å². The average Bonchev–Trinajstić information content (AvgIpc) is 2.18. The number of pyridine rings is 2. The maximum Gasteiger partial charge on any atom is 0.255 e. The average molecular weight is 190 g/mol. The zero-order valence-corrected chi connectivity index (χ0v) is 7.74. The van der Waals surface area contributed by atoms with Gasteiger partial charge in [-0.3, -0.25) is 9.78 Å². The highest BCUT2D eigenvalue weighted by Crippen LogP contribution is 2.23. The molecule has 0 radical (unpaired) electrons. The Kier molecular flexibility index (Phi) is 1.96. The topological polar surface area (TPSA) is 66.0 Å². The van der Waals surface area contributed by atoms with Gasteiger partial charge in [0.15, 0.2) is 0 Å². The Balaban J connectivity index is 2.93. The lowest BCUT2D eigenvalue weighted by Crippen LogP contribution is -2.11. The van der Waals surface area contributed by atoms with Gasteiger partial charge in [0.1, 0.15) is 5.75 Å². The Bertz CT molecular complexity index is 531. The van der Waals surface area contributed by atoms with Crippen molar-refractivity contribution in [1.29, 1.82) is 0 Å². The summed E-state index contributed by atoms with van der Waals surface area (Å²) in [6.07, 6.45) is 3.62. The normalized spacial score (nSPS) is 10.6. The second kappa shape index (κ2) is 3.14. The maximum absolute atomic E-state index is 11.4. The predicted molar refractivity (Wildman–Crippen MR) is 53.4 cm³/mol. The summed E-state index contributed by atoms with van der Waals surface area (Å²) in [5, 5.41) is 10.4. The molecule has 0 aliphatic carbocycles. The molecule has 0 amide bonds. The van der Waals surface area contributed by atoms with E-state index in [0.717, 1.165) is 0 Å². The molecule has 4 heteroatoms. The molecule has 0 bridgehead atoms. The molecule has 2 aromatic rings. The third-order valence-electron chi connectivity index (χ3n) is 2.24. The first-order chi connectivity index (χ1) is 6.74. The summed E-state index contributed by atoms with van der Waals surface area (Å²) in [6.45, 7) is 1.83. The summed E-state index contributed by atoms with van der Waals surface area (Å²) in [5.41, 5.74) is 0.737.